The summed E-state index contributed by atoms with van der Waals surface area (Å²) in [6.07, 6.45) is 0. The molecule has 94 valence electrons. The molecule has 8 heteroatoms. The summed E-state index contributed by atoms with van der Waals surface area (Å²) in [6.45, 7) is 0. The second kappa shape index (κ2) is 4.44. The van der Waals surface area contributed by atoms with E-state index in [-0.39, 0.29) is 0 Å². The first kappa shape index (κ1) is 13.6. The molecule has 0 bridgehead atoms. The molecule has 0 spiro atoms. The highest BCUT2D eigenvalue weighted by atomic mass is 32.2. The van der Waals surface area contributed by atoms with E-state index in [1.807, 2.05) is 0 Å². The van der Waals surface area contributed by atoms with Crippen molar-refractivity contribution in [2.75, 3.05) is 0 Å². The van der Waals surface area contributed by atoms with E-state index in [4.69, 9.17) is 0 Å². The topological polar surface area (TPSA) is 51.2 Å². The van der Waals surface area contributed by atoms with Gasteiger partial charge >= 0.3 is 5.51 Å². The zero-order valence-electron chi connectivity index (χ0n) is 8.11. The standard InChI is InChI=1S/C9H6F4O3S/c10-8(17(15,16)9(11,12)13)7(14)6-4-2-1-3-5-6/h1-5,8H. The van der Waals surface area contributed by atoms with Crippen LogP contribution in [0.4, 0.5) is 17.6 Å². The van der Waals surface area contributed by atoms with Gasteiger partial charge in [-0.2, -0.15) is 13.2 Å². The third-order valence-electron chi connectivity index (χ3n) is 1.86. The fourth-order valence-corrected chi connectivity index (χ4v) is 1.64. The molecule has 0 saturated carbocycles. The van der Waals surface area contributed by atoms with E-state index in [2.05, 4.69) is 0 Å². The van der Waals surface area contributed by atoms with Gasteiger partial charge in [0.2, 0.25) is 5.78 Å². The van der Waals surface area contributed by atoms with Crippen LogP contribution in [0.3, 0.4) is 0 Å². The molecule has 17 heavy (non-hydrogen) atoms. The maximum atomic E-state index is 13.1. The first-order valence-corrected chi connectivity index (χ1v) is 5.76. The highest BCUT2D eigenvalue weighted by Gasteiger charge is 2.54. The van der Waals surface area contributed by atoms with Crippen LogP contribution in [0.15, 0.2) is 30.3 Å². The summed E-state index contributed by atoms with van der Waals surface area (Å²) in [5.41, 5.74) is -9.87. The van der Waals surface area contributed by atoms with Gasteiger partial charge in [-0.25, -0.2) is 12.8 Å². The smallest absolute Gasteiger partial charge is 0.290 e. The minimum Gasteiger partial charge on any atom is -0.290 e. The molecule has 0 N–H and O–H groups in total. The number of rotatable bonds is 3. The van der Waals surface area contributed by atoms with Crippen LogP contribution in [0, 0.1) is 0 Å². The Kier molecular flexibility index (Phi) is 3.56. The summed E-state index contributed by atoms with van der Waals surface area (Å²) in [5, 5.41) is 0. The van der Waals surface area contributed by atoms with Crippen LogP contribution in [0.5, 0.6) is 0 Å². The van der Waals surface area contributed by atoms with Crippen LogP contribution < -0.4 is 0 Å². The Morgan fingerprint density at radius 2 is 1.59 bits per heavy atom. The lowest BCUT2D eigenvalue weighted by molar-refractivity contribution is -0.0455. The van der Waals surface area contributed by atoms with Gasteiger partial charge < -0.3 is 0 Å². The average Bonchev–Trinajstić information content (AvgIpc) is 2.26. The van der Waals surface area contributed by atoms with Crippen LogP contribution in [0.25, 0.3) is 0 Å². The van der Waals surface area contributed by atoms with E-state index < -0.39 is 32.2 Å². The molecule has 1 aromatic carbocycles. The summed E-state index contributed by atoms with van der Waals surface area (Å²) in [6, 6.07) is 6.06. The number of carbonyl (C=O) groups excluding carboxylic acids is 1. The van der Waals surface area contributed by atoms with Crippen LogP contribution in [0.2, 0.25) is 0 Å². The van der Waals surface area contributed by atoms with Crippen molar-refractivity contribution in [3.05, 3.63) is 35.9 Å². The van der Waals surface area contributed by atoms with E-state index in [1.165, 1.54) is 18.2 Å². The summed E-state index contributed by atoms with van der Waals surface area (Å²) in [7, 11) is -6.14. The number of halogens is 4. The number of hydrogen-bond donors (Lipinski definition) is 0. The monoisotopic (exact) mass is 270 g/mol. The zero-order valence-corrected chi connectivity index (χ0v) is 8.93. The Labute approximate surface area is 94.0 Å². The van der Waals surface area contributed by atoms with Gasteiger partial charge in [-0.1, -0.05) is 30.3 Å². The van der Waals surface area contributed by atoms with Gasteiger partial charge in [-0.05, 0) is 0 Å². The lowest BCUT2D eigenvalue weighted by Crippen LogP contribution is -2.36. The number of hydrogen-bond acceptors (Lipinski definition) is 3. The van der Waals surface area contributed by atoms with Gasteiger partial charge in [0, 0.05) is 5.56 Å². The van der Waals surface area contributed by atoms with Crippen molar-refractivity contribution in [2.45, 2.75) is 11.0 Å². The van der Waals surface area contributed by atoms with Crippen LogP contribution in [-0.2, 0) is 9.84 Å². The van der Waals surface area contributed by atoms with Gasteiger partial charge in [0.05, 0.1) is 0 Å². The predicted molar refractivity (Wildman–Crippen MR) is 50.6 cm³/mol. The maximum Gasteiger partial charge on any atom is 0.500 e. The van der Waals surface area contributed by atoms with Crippen LogP contribution >= 0.6 is 0 Å². The number of Topliss-reactive ketones (excluding diaryl/α,β-unsaturated/α-hetero) is 1. The predicted octanol–water partition coefficient (Wildman–Crippen LogP) is 2.10. The minimum absolute atomic E-state index is 0.437. The third-order valence-corrected chi connectivity index (χ3v) is 3.26. The lowest BCUT2D eigenvalue weighted by atomic mass is 10.1. The van der Waals surface area contributed by atoms with E-state index in [0.29, 0.717) is 0 Å². The van der Waals surface area contributed by atoms with Crippen LogP contribution in [0.1, 0.15) is 10.4 Å². The molecule has 1 rings (SSSR count). The highest BCUT2D eigenvalue weighted by Crippen LogP contribution is 2.29. The number of ketones is 1. The fraction of sp³-hybridized carbons (Fsp3) is 0.222. The zero-order chi connectivity index (χ0) is 13.3. The van der Waals surface area contributed by atoms with Gasteiger partial charge in [0.25, 0.3) is 15.3 Å². The number of carbonyl (C=O) groups is 1. The summed E-state index contributed by atoms with van der Waals surface area (Å²) in [5.74, 6) is -1.73. The first-order chi connectivity index (χ1) is 7.68. The molecule has 0 aromatic heterocycles. The summed E-state index contributed by atoms with van der Waals surface area (Å²) in [4.78, 5) is 11.2. The van der Waals surface area contributed by atoms with Crippen molar-refractivity contribution < 1.29 is 30.8 Å². The molecule has 0 aliphatic carbocycles. The number of alkyl halides is 4. The Morgan fingerprint density at radius 3 is 2.00 bits per heavy atom. The number of benzene rings is 1. The van der Waals surface area contributed by atoms with Gasteiger partial charge in [-0.15, -0.1) is 0 Å². The van der Waals surface area contributed by atoms with E-state index in [9.17, 15) is 30.8 Å². The molecule has 0 saturated heterocycles. The molecule has 0 heterocycles. The van der Waals surface area contributed by atoms with E-state index in [0.717, 1.165) is 12.1 Å². The second-order valence-corrected chi connectivity index (χ2v) is 5.00. The van der Waals surface area contributed by atoms with Crippen LogP contribution in [-0.4, -0.2) is 25.2 Å². The molecule has 0 amide bonds. The molecule has 1 atom stereocenters. The highest BCUT2D eigenvalue weighted by molar-refractivity contribution is 7.93. The Hall–Kier alpha value is -1.44. The van der Waals surface area contributed by atoms with Crippen molar-refractivity contribution in [1.82, 2.24) is 0 Å². The SMILES string of the molecule is O=C(c1ccccc1)C(F)S(=O)(=O)C(F)(F)F. The molecular weight excluding hydrogens is 264 g/mol. The largest absolute Gasteiger partial charge is 0.500 e. The fourth-order valence-electron chi connectivity index (χ4n) is 0.992. The molecule has 3 nitrogen and oxygen atoms in total. The van der Waals surface area contributed by atoms with Crippen molar-refractivity contribution >= 4 is 15.6 Å². The molecule has 0 fully saturated rings. The van der Waals surface area contributed by atoms with Crippen molar-refractivity contribution in [3.63, 3.8) is 0 Å². The molecule has 1 unspecified atom stereocenters. The van der Waals surface area contributed by atoms with Crippen molar-refractivity contribution in [2.24, 2.45) is 0 Å². The maximum absolute atomic E-state index is 13.1. The van der Waals surface area contributed by atoms with Gasteiger partial charge in [0.1, 0.15) is 0 Å². The second-order valence-electron chi connectivity index (χ2n) is 3.04. The van der Waals surface area contributed by atoms with Gasteiger partial charge in [0.15, 0.2) is 0 Å². The molecule has 1 aromatic rings. The molecule has 0 aliphatic rings. The lowest BCUT2D eigenvalue weighted by Gasteiger charge is -2.11. The Balaban J connectivity index is 3.09. The summed E-state index contributed by atoms with van der Waals surface area (Å²) < 4.78 is 70.3. The van der Waals surface area contributed by atoms with E-state index in [1.54, 1.807) is 0 Å². The third kappa shape index (κ3) is 2.63. The summed E-state index contributed by atoms with van der Waals surface area (Å²) >= 11 is 0. The number of sulfone groups is 1. The quantitative estimate of drug-likeness (QED) is 0.624. The molecule has 0 radical (unpaired) electrons. The average molecular weight is 270 g/mol. The Morgan fingerprint density at radius 1 is 1.12 bits per heavy atom. The minimum atomic E-state index is -6.14. The van der Waals surface area contributed by atoms with Crippen molar-refractivity contribution in [3.8, 4) is 0 Å². The normalized spacial score (nSPS) is 14.4. The van der Waals surface area contributed by atoms with E-state index >= 15 is 0 Å². The van der Waals surface area contributed by atoms with Gasteiger partial charge in [-0.3, -0.25) is 4.79 Å². The first-order valence-electron chi connectivity index (χ1n) is 4.21. The molecular formula is C9H6F4O3S. The van der Waals surface area contributed by atoms with Crippen molar-refractivity contribution in [1.29, 1.82) is 0 Å². The molecule has 0 aliphatic heterocycles. The Bertz CT molecular complexity index is 507.